The molecule has 1 aliphatic rings. The van der Waals surface area contributed by atoms with E-state index in [1.165, 1.54) is 0 Å². The number of morpholine rings is 1. The third-order valence-corrected chi connectivity index (χ3v) is 5.50. The van der Waals surface area contributed by atoms with Gasteiger partial charge in [-0.25, -0.2) is 0 Å². The molecule has 0 saturated carbocycles. The number of carbonyl (C=O) groups is 1. The first-order chi connectivity index (χ1) is 15.2. The maximum Gasteiger partial charge on any atom is 0.262 e. The molecule has 1 heterocycles. The molecule has 0 aliphatic carbocycles. The molecule has 0 bridgehead atoms. The molecule has 2 N–H and O–H groups in total. The van der Waals surface area contributed by atoms with Crippen LogP contribution in [0.15, 0.2) is 46.9 Å². The fraction of sp³-hybridized carbons (Fsp3) is 0.435. The van der Waals surface area contributed by atoms with E-state index >= 15 is 0 Å². The Morgan fingerprint density at radius 1 is 1.16 bits per heavy atom. The van der Waals surface area contributed by atoms with Gasteiger partial charge >= 0.3 is 0 Å². The summed E-state index contributed by atoms with van der Waals surface area (Å²) in [6.45, 7) is 6.27. The molecule has 1 saturated heterocycles. The van der Waals surface area contributed by atoms with Crippen LogP contribution in [0.3, 0.4) is 0 Å². The average molecular weight is 529 g/mol. The fourth-order valence-corrected chi connectivity index (χ4v) is 3.79. The molecule has 3 rings (SSSR count). The topological polar surface area (TPSA) is 72.1 Å². The molecular formula is C23H31BrClN3O4. The van der Waals surface area contributed by atoms with E-state index in [0.29, 0.717) is 23.7 Å². The number of nitrogens with one attached hydrogen (secondary N) is 2. The first-order valence-electron chi connectivity index (χ1n) is 10.5. The Hall–Kier alpha value is -1.84. The number of rotatable bonds is 11. The summed E-state index contributed by atoms with van der Waals surface area (Å²) >= 11 is 3.52. The Labute approximate surface area is 204 Å². The van der Waals surface area contributed by atoms with Gasteiger partial charge < -0.3 is 24.8 Å². The van der Waals surface area contributed by atoms with Crippen molar-refractivity contribution in [2.45, 2.75) is 13.0 Å². The number of amides is 1. The lowest BCUT2D eigenvalue weighted by Gasteiger charge is -2.26. The number of anilines is 1. The van der Waals surface area contributed by atoms with Crippen molar-refractivity contribution in [3.63, 3.8) is 0 Å². The summed E-state index contributed by atoms with van der Waals surface area (Å²) in [6.07, 6.45) is 1.07. The lowest BCUT2D eigenvalue weighted by molar-refractivity contribution is -0.118. The van der Waals surface area contributed by atoms with E-state index in [2.05, 4.69) is 31.5 Å². The number of nitrogens with zero attached hydrogens (tertiary/aromatic N) is 1. The van der Waals surface area contributed by atoms with Crippen molar-refractivity contribution in [1.82, 2.24) is 10.2 Å². The Morgan fingerprint density at radius 2 is 1.94 bits per heavy atom. The van der Waals surface area contributed by atoms with Gasteiger partial charge in [0.25, 0.3) is 5.91 Å². The maximum atomic E-state index is 12.4. The van der Waals surface area contributed by atoms with Crippen LogP contribution in [0.4, 0.5) is 5.69 Å². The zero-order valence-corrected chi connectivity index (χ0v) is 20.7. The van der Waals surface area contributed by atoms with Crippen molar-refractivity contribution in [2.75, 3.05) is 58.4 Å². The molecule has 9 heteroatoms. The Morgan fingerprint density at radius 3 is 2.72 bits per heavy atom. The molecule has 1 fully saturated rings. The fourth-order valence-electron chi connectivity index (χ4n) is 3.38. The van der Waals surface area contributed by atoms with Crippen LogP contribution < -0.4 is 20.1 Å². The van der Waals surface area contributed by atoms with E-state index in [4.69, 9.17) is 14.2 Å². The van der Waals surface area contributed by atoms with Gasteiger partial charge in [0.1, 0.15) is 11.5 Å². The van der Waals surface area contributed by atoms with E-state index in [1.807, 2.05) is 30.3 Å². The summed E-state index contributed by atoms with van der Waals surface area (Å²) in [4.78, 5) is 14.8. The summed E-state index contributed by atoms with van der Waals surface area (Å²) in [5, 5.41) is 6.30. The molecule has 32 heavy (non-hydrogen) atoms. The second-order valence-electron chi connectivity index (χ2n) is 7.27. The second kappa shape index (κ2) is 14.3. The van der Waals surface area contributed by atoms with Crippen molar-refractivity contribution >= 4 is 39.9 Å². The summed E-state index contributed by atoms with van der Waals surface area (Å²) in [7, 11) is 1.57. The van der Waals surface area contributed by atoms with Gasteiger partial charge in [-0.05, 0) is 49.8 Å². The highest BCUT2D eigenvalue weighted by atomic mass is 79.9. The highest BCUT2D eigenvalue weighted by Crippen LogP contribution is 2.25. The molecule has 176 valence electrons. The maximum absolute atomic E-state index is 12.4. The van der Waals surface area contributed by atoms with Gasteiger partial charge in [0.05, 0.1) is 26.0 Å². The second-order valence-corrected chi connectivity index (χ2v) is 8.19. The molecule has 1 aliphatic heterocycles. The Bertz CT molecular complexity index is 850. The summed E-state index contributed by atoms with van der Waals surface area (Å²) in [6, 6.07) is 13.1. The molecule has 0 spiro atoms. The van der Waals surface area contributed by atoms with Gasteiger partial charge in [-0.15, -0.1) is 12.4 Å². The van der Waals surface area contributed by atoms with Gasteiger partial charge in [0.2, 0.25) is 0 Å². The zero-order chi connectivity index (χ0) is 21.9. The normalized spacial score (nSPS) is 13.8. The van der Waals surface area contributed by atoms with E-state index in [-0.39, 0.29) is 24.9 Å². The molecule has 0 radical (unpaired) electrons. The van der Waals surface area contributed by atoms with Crippen molar-refractivity contribution in [3.8, 4) is 11.5 Å². The van der Waals surface area contributed by atoms with Crippen molar-refractivity contribution < 1.29 is 19.0 Å². The lowest BCUT2D eigenvalue weighted by atomic mass is 10.2. The van der Waals surface area contributed by atoms with Crippen LogP contribution >= 0.6 is 28.3 Å². The quantitative estimate of drug-likeness (QED) is 0.433. The van der Waals surface area contributed by atoms with Crippen LogP contribution in [0.1, 0.15) is 12.0 Å². The molecule has 7 nitrogen and oxygen atoms in total. The van der Waals surface area contributed by atoms with Gasteiger partial charge in [-0.1, -0.05) is 28.1 Å². The van der Waals surface area contributed by atoms with E-state index in [1.54, 1.807) is 19.2 Å². The Balaban J connectivity index is 0.00000363. The molecular weight excluding hydrogens is 498 g/mol. The SMILES string of the molecule is COc1ccccc1NC(=O)COc1ccc(Br)cc1CNCCCN1CCOCC1.Cl. The van der Waals surface area contributed by atoms with Gasteiger partial charge in [0, 0.05) is 29.7 Å². The number of halogens is 2. The number of hydrogen-bond acceptors (Lipinski definition) is 6. The van der Waals surface area contributed by atoms with Crippen molar-refractivity contribution in [3.05, 3.63) is 52.5 Å². The molecule has 1 amide bonds. The summed E-state index contributed by atoms with van der Waals surface area (Å²) < 4.78 is 17.4. The van der Waals surface area contributed by atoms with Crippen molar-refractivity contribution in [2.24, 2.45) is 0 Å². The number of carbonyl (C=O) groups excluding carboxylic acids is 1. The van der Waals surface area contributed by atoms with E-state index in [9.17, 15) is 4.79 Å². The van der Waals surface area contributed by atoms with Gasteiger partial charge in [-0.2, -0.15) is 0 Å². The standard InChI is InChI=1S/C23H30BrN3O4.ClH/c1-29-22-6-3-2-5-20(22)26-23(28)17-31-21-8-7-19(24)15-18(21)16-25-9-4-10-27-11-13-30-14-12-27;/h2-3,5-8,15,25H,4,9-14,16-17H2,1H3,(H,26,28);1H. The number of ether oxygens (including phenoxy) is 3. The highest BCUT2D eigenvalue weighted by Gasteiger charge is 2.11. The third-order valence-electron chi connectivity index (χ3n) is 5.01. The highest BCUT2D eigenvalue weighted by molar-refractivity contribution is 9.10. The number of para-hydroxylation sites is 2. The smallest absolute Gasteiger partial charge is 0.262 e. The number of benzene rings is 2. The van der Waals surface area contributed by atoms with Crippen LogP contribution in [-0.4, -0.2) is 63.9 Å². The summed E-state index contributed by atoms with van der Waals surface area (Å²) in [5.41, 5.74) is 1.63. The average Bonchev–Trinajstić information content (AvgIpc) is 2.79. The first-order valence-corrected chi connectivity index (χ1v) is 11.3. The molecule has 2 aromatic rings. The predicted molar refractivity (Wildman–Crippen MR) is 132 cm³/mol. The van der Waals surface area contributed by atoms with Crippen LogP contribution in [0, 0.1) is 0 Å². The monoisotopic (exact) mass is 527 g/mol. The van der Waals surface area contributed by atoms with E-state index in [0.717, 1.165) is 55.8 Å². The van der Waals surface area contributed by atoms with Crippen LogP contribution in [0.5, 0.6) is 11.5 Å². The van der Waals surface area contributed by atoms with E-state index < -0.39 is 0 Å². The number of methoxy groups -OCH3 is 1. The minimum absolute atomic E-state index is 0. The molecule has 0 unspecified atom stereocenters. The van der Waals surface area contributed by atoms with Crippen molar-refractivity contribution in [1.29, 1.82) is 0 Å². The molecule has 2 aromatic carbocycles. The van der Waals surface area contributed by atoms with Gasteiger partial charge in [0.15, 0.2) is 6.61 Å². The Kier molecular flexibility index (Phi) is 11.8. The van der Waals surface area contributed by atoms with Crippen LogP contribution in [-0.2, 0) is 16.1 Å². The van der Waals surface area contributed by atoms with Gasteiger partial charge in [-0.3, -0.25) is 9.69 Å². The van der Waals surface area contributed by atoms with Crippen LogP contribution in [0.25, 0.3) is 0 Å². The minimum atomic E-state index is -0.239. The van der Waals surface area contributed by atoms with Crippen LogP contribution in [0.2, 0.25) is 0 Å². The first kappa shape index (κ1) is 26.4. The molecule has 0 aromatic heterocycles. The third kappa shape index (κ3) is 8.60. The number of hydrogen-bond donors (Lipinski definition) is 2. The summed E-state index contributed by atoms with van der Waals surface area (Å²) in [5.74, 6) is 1.07. The predicted octanol–water partition coefficient (Wildman–Crippen LogP) is 3.71. The molecule has 0 atom stereocenters. The minimum Gasteiger partial charge on any atom is -0.495 e. The zero-order valence-electron chi connectivity index (χ0n) is 18.3. The largest absolute Gasteiger partial charge is 0.495 e. The lowest BCUT2D eigenvalue weighted by Crippen LogP contribution is -2.37.